The van der Waals surface area contributed by atoms with Gasteiger partial charge >= 0.3 is 5.97 Å². The molecule has 0 radical (unpaired) electrons. The smallest absolute Gasteiger partial charge is 0.306 e. The summed E-state index contributed by atoms with van der Waals surface area (Å²) in [6.07, 6.45) is 3.79. The second kappa shape index (κ2) is 5.59. The van der Waals surface area contributed by atoms with Crippen LogP contribution in [-0.4, -0.2) is 29.1 Å². The molecule has 4 nitrogen and oxygen atoms in total. The number of halogens is 1. The lowest BCUT2D eigenvalue weighted by Crippen LogP contribution is -2.48. The van der Waals surface area contributed by atoms with Gasteiger partial charge in [-0.05, 0) is 74.9 Å². The molecule has 1 aromatic heterocycles. The van der Waals surface area contributed by atoms with E-state index in [0.717, 1.165) is 67.6 Å². The molecule has 1 aliphatic heterocycles. The molecule has 4 rings (SSSR count). The van der Waals surface area contributed by atoms with Gasteiger partial charge in [0.2, 0.25) is 0 Å². The first kappa shape index (κ1) is 15.6. The normalized spacial score (nSPS) is 21.2. The molecule has 1 N–H and O–H groups in total. The van der Waals surface area contributed by atoms with Crippen LogP contribution in [0.5, 0.6) is 0 Å². The van der Waals surface area contributed by atoms with E-state index in [1.165, 1.54) is 12.1 Å². The Morgan fingerprint density at radius 2 is 2.08 bits per heavy atom. The third-order valence-corrected chi connectivity index (χ3v) is 5.99. The van der Waals surface area contributed by atoms with Gasteiger partial charge < -0.3 is 9.52 Å². The molecule has 2 heterocycles. The standard InChI is InChI=1S/C19H22FNO3/c1-12-15-8-14(20)2-3-16(15)24-17(12)11-21-6-4-19(5-7-21)9-13(10-19)18(22)23/h2-3,8,13H,4-7,9-11H2,1H3,(H,22,23). The molecular weight excluding hydrogens is 309 g/mol. The first-order valence-electron chi connectivity index (χ1n) is 8.58. The number of piperidine rings is 1. The van der Waals surface area contributed by atoms with Crippen LogP contribution in [0.25, 0.3) is 11.0 Å². The molecule has 24 heavy (non-hydrogen) atoms. The van der Waals surface area contributed by atoms with Gasteiger partial charge in [0.15, 0.2) is 0 Å². The first-order chi connectivity index (χ1) is 11.5. The number of aliphatic carboxylic acids is 1. The number of carboxylic acids is 1. The molecule has 128 valence electrons. The summed E-state index contributed by atoms with van der Waals surface area (Å²) in [4.78, 5) is 13.4. The largest absolute Gasteiger partial charge is 0.481 e. The summed E-state index contributed by atoms with van der Waals surface area (Å²) in [5, 5.41) is 9.91. The summed E-state index contributed by atoms with van der Waals surface area (Å²) in [5.74, 6) is -0.114. The summed E-state index contributed by atoms with van der Waals surface area (Å²) in [7, 11) is 0. The van der Waals surface area contributed by atoms with Gasteiger partial charge in [0.1, 0.15) is 17.2 Å². The number of carbonyl (C=O) groups is 1. The minimum absolute atomic E-state index is 0.135. The molecule has 0 amide bonds. The number of furan rings is 1. The zero-order valence-corrected chi connectivity index (χ0v) is 13.8. The van der Waals surface area contributed by atoms with Crippen LogP contribution in [-0.2, 0) is 11.3 Å². The van der Waals surface area contributed by atoms with Crippen molar-refractivity contribution in [1.82, 2.24) is 4.90 Å². The average molecular weight is 331 g/mol. The van der Waals surface area contributed by atoms with Crippen LogP contribution in [0.4, 0.5) is 4.39 Å². The third kappa shape index (κ3) is 2.61. The van der Waals surface area contributed by atoms with Crippen molar-refractivity contribution < 1.29 is 18.7 Å². The maximum atomic E-state index is 13.4. The topological polar surface area (TPSA) is 53.7 Å². The molecule has 2 fully saturated rings. The second-order valence-corrected chi connectivity index (χ2v) is 7.51. The predicted molar refractivity (Wildman–Crippen MR) is 88.2 cm³/mol. The molecule has 5 heteroatoms. The van der Waals surface area contributed by atoms with E-state index in [1.54, 1.807) is 6.07 Å². The molecule has 1 saturated heterocycles. The highest BCUT2D eigenvalue weighted by Gasteiger charge is 2.48. The lowest BCUT2D eigenvalue weighted by molar-refractivity contribution is -0.152. The van der Waals surface area contributed by atoms with Crippen molar-refractivity contribution in [3.05, 3.63) is 35.3 Å². The van der Waals surface area contributed by atoms with Crippen LogP contribution in [0.1, 0.15) is 37.0 Å². The number of hydrogen-bond acceptors (Lipinski definition) is 3. The van der Waals surface area contributed by atoms with Crippen molar-refractivity contribution >= 4 is 16.9 Å². The zero-order chi connectivity index (χ0) is 16.9. The van der Waals surface area contributed by atoms with E-state index in [1.807, 2.05) is 6.92 Å². The molecule has 2 aromatic rings. The molecule has 1 spiro atoms. The molecule has 0 unspecified atom stereocenters. The van der Waals surface area contributed by atoms with Crippen LogP contribution in [0.3, 0.4) is 0 Å². The number of likely N-dealkylation sites (tertiary alicyclic amines) is 1. The number of fused-ring (bicyclic) bond motifs is 1. The van der Waals surface area contributed by atoms with Gasteiger partial charge in [-0.2, -0.15) is 0 Å². The van der Waals surface area contributed by atoms with Crippen LogP contribution in [0, 0.1) is 24.1 Å². The van der Waals surface area contributed by atoms with E-state index in [4.69, 9.17) is 9.52 Å². The second-order valence-electron chi connectivity index (χ2n) is 7.51. The highest BCUT2D eigenvalue weighted by molar-refractivity contribution is 5.82. The van der Waals surface area contributed by atoms with Crippen LogP contribution >= 0.6 is 0 Å². The Morgan fingerprint density at radius 1 is 1.38 bits per heavy atom. The van der Waals surface area contributed by atoms with Crippen molar-refractivity contribution in [3.8, 4) is 0 Å². The average Bonchev–Trinajstić information content (AvgIpc) is 2.82. The van der Waals surface area contributed by atoms with Gasteiger partial charge in [0, 0.05) is 5.39 Å². The molecular formula is C19H22FNO3. The Morgan fingerprint density at radius 3 is 2.75 bits per heavy atom. The summed E-state index contributed by atoms with van der Waals surface area (Å²) >= 11 is 0. The molecule has 1 saturated carbocycles. The zero-order valence-electron chi connectivity index (χ0n) is 13.8. The van der Waals surface area contributed by atoms with Crippen molar-refractivity contribution in [2.75, 3.05) is 13.1 Å². The van der Waals surface area contributed by atoms with Crippen molar-refractivity contribution in [2.45, 2.75) is 39.2 Å². The monoisotopic (exact) mass is 331 g/mol. The summed E-state index contributed by atoms with van der Waals surface area (Å²) < 4.78 is 19.3. The molecule has 0 bridgehead atoms. The maximum Gasteiger partial charge on any atom is 0.306 e. The number of rotatable bonds is 3. The highest BCUT2D eigenvalue weighted by atomic mass is 19.1. The fourth-order valence-electron chi connectivity index (χ4n) is 4.35. The number of carboxylic acid groups (broad SMARTS) is 1. The summed E-state index contributed by atoms with van der Waals surface area (Å²) in [5.41, 5.74) is 2.01. The van der Waals surface area contributed by atoms with Crippen LogP contribution < -0.4 is 0 Å². The number of nitrogens with zero attached hydrogens (tertiary/aromatic N) is 1. The quantitative estimate of drug-likeness (QED) is 0.925. The first-order valence-corrected chi connectivity index (χ1v) is 8.58. The van der Waals surface area contributed by atoms with E-state index in [2.05, 4.69) is 4.90 Å². The van der Waals surface area contributed by atoms with Gasteiger partial charge in [-0.3, -0.25) is 9.69 Å². The molecule has 2 aliphatic rings. The Balaban J connectivity index is 1.41. The van der Waals surface area contributed by atoms with Crippen molar-refractivity contribution in [2.24, 2.45) is 11.3 Å². The van der Waals surface area contributed by atoms with E-state index >= 15 is 0 Å². The predicted octanol–water partition coefficient (Wildman–Crippen LogP) is 3.96. The lowest BCUT2D eigenvalue weighted by atomic mass is 9.57. The minimum atomic E-state index is -0.645. The van der Waals surface area contributed by atoms with Crippen molar-refractivity contribution in [3.63, 3.8) is 0 Å². The molecule has 1 aliphatic carbocycles. The Hall–Kier alpha value is -1.88. The van der Waals surface area contributed by atoms with Gasteiger partial charge in [0.25, 0.3) is 0 Å². The lowest BCUT2D eigenvalue weighted by Gasteiger charge is -2.50. The Labute approximate surface area is 140 Å². The van der Waals surface area contributed by atoms with E-state index in [9.17, 15) is 9.18 Å². The number of aryl methyl sites for hydroxylation is 1. The van der Waals surface area contributed by atoms with Gasteiger partial charge in [-0.25, -0.2) is 4.39 Å². The maximum absolute atomic E-state index is 13.4. The highest BCUT2D eigenvalue weighted by Crippen LogP contribution is 2.52. The summed E-state index contributed by atoms with van der Waals surface area (Å²) in [6.45, 7) is 4.66. The van der Waals surface area contributed by atoms with Gasteiger partial charge in [0.05, 0.1) is 12.5 Å². The van der Waals surface area contributed by atoms with Crippen molar-refractivity contribution in [1.29, 1.82) is 0 Å². The fourth-order valence-corrected chi connectivity index (χ4v) is 4.35. The van der Waals surface area contributed by atoms with Gasteiger partial charge in [-0.15, -0.1) is 0 Å². The molecule has 1 aromatic carbocycles. The molecule has 0 atom stereocenters. The van der Waals surface area contributed by atoms with Gasteiger partial charge in [-0.1, -0.05) is 0 Å². The van der Waals surface area contributed by atoms with E-state index in [0.29, 0.717) is 0 Å². The van der Waals surface area contributed by atoms with Crippen LogP contribution in [0.2, 0.25) is 0 Å². The minimum Gasteiger partial charge on any atom is -0.481 e. The SMILES string of the molecule is Cc1c(CN2CCC3(CC2)CC(C(=O)O)C3)oc2ccc(F)cc12. The Kier molecular flexibility index (Phi) is 3.64. The third-order valence-electron chi connectivity index (χ3n) is 5.99. The Bertz CT molecular complexity index is 781. The van der Waals surface area contributed by atoms with E-state index < -0.39 is 5.97 Å². The number of hydrogen-bond donors (Lipinski definition) is 1. The number of benzene rings is 1. The van der Waals surface area contributed by atoms with Crippen LogP contribution in [0.15, 0.2) is 22.6 Å². The fraction of sp³-hybridized carbons (Fsp3) is 0.526. The van der Waals surface area contributed by atoms with E-state index in [-0.39, 0.29) is 17.2 Å². The summed E-state index contributed by atoms with van der Waals surface area (Å²) in [6, 6.07) is 4.64.